The van der Waals surface area contributed by atoms with Gasteiger partial charge >= 0.3 is 0 Å². The Bertz CT molecular complexity index is 181. The van der Waals surface area contributed by atoms with Gasteiger partial charge in [0.15, 0.2) is 0 Å². The van der Waals surface area contributed by atoms with E-state index in [1.54, 1.807) is 0 Å². The molecule has 0 amide bonds. The fourth-order valence-corrected chi connectivity index (χ4v) is 2.77. The van der Waals surface area contributed by atoms with Crippen LogP contribution < -0.4 is 5.32 Å². The van der Waals surface area contributed by atoms with Gasteiger partial charge in [0.05, 0.1) is 0 Å². The van der Waals surface area contributed by atoms with E-state index in [0.29, 0.717) is 12.0 Å². The van der Waals surface area contributed by atoms with E-state index in [-0.39, 0.29) is 0 Å². The molecule has 0 aromatic heterocycles. The molecule has 0 aromatic carbocycles. The lowest BCUT2D eigenvalue weighted by molar-refractivity contribution is 0.240. The summed E-state index contributed by atoms with van der Waals surface area (Å²) in [6.07, 6.45) is 12.1. The predicted molar refractivity (Wildman–Crippen MR) is 62.9 cm³/mol. The SMILES string of the molecule is OCCC1(CNC2CCCCCC2)CC1. The van der Waals surface area contributed by atoms with Crippen LogP contribution in [0.4, 0.5) is 0 Å². The summed E-state index contributed by atoms with van der Waals surface area (Å²) in [4.78, 5) is 0. The van der Waals surface area contributed by atoms with Crippen LogP contribution in [0.1, 0.15) is 57.8 Å². The average molecular weight is 211 g/mol. The lowest BCUT2D eigenvalue weighted by atomic mass is 10.0. The van der Waals surface area contributed by atoms with Crippen LogP contribution in [-0.2, 0) is 0 Å². The lowest BCUT2D eigenvalue weighted by Gasteiger charge is -2.21. The summed E-state index contributed by atoms with van der Waals surface area (Å²) < 4.78 is 0. The summed E-state index contributed by atoms with van der Waals surface area (Å²) >= 11 is 0. The van der Waals surface area contributed by atoms with E-state index in [1.165, 1.54) is 51.4 Å². The molecule has 2 fully saturated rings. The fourth-order valence-electron chi connectivity index (χ4n) is 2.77. The van der Waals surface area contributed by atoms with Crippen LogP contribution in [-0.4, -0.2) is 24.3 Å². The van der Waals surface area contributed by atoms with Crippen LogP contribution in [0.15, 0.2) is 0 Å². The number of nitrogens with one attached hydrogen (secondary N) is 1. The molecule has 2 nitrogen and oxygen atoms in total. The summed E-state index contributed by atoms with van der Waals surface area (Å²) in [5, 5.41) is 12.7. The highest BCUT2D eigenvalue weighted by molar-refractivity contribution is 4.95. The molecule has 2 aliphatic carbocycles. The van der Waals surface area contributed by atoms with Crippen molar-refractivity contribution in [3.05, 3.63) is 0 Å². The van der Waals surface area contributed by atoms with Crippen molar-refractivity contribution in [3.8, 4) is 0 Å². The van der Waals surface area contributed by atoms with Gasteiger partial charge < -0.3 is 10.4 Å². The molecule has 2 heteroatoms. The molecule has 0 atom stereocenters. The molecule has 2 N–H and O–H groups in total. The number of hydrogen-bond donors (Lipinski definition) is 2. The molecule has 0 bridgehead atoms. The molecular formula is C13H25NO. The van der Waals surface area contributed by atoms with Gasteiger partial charge in [0.2, 0.25) is 0 Å². The van der Waals surface area contributed by atoms with E-state index in [0.717, 1.165) is 19.0 Å². The summed E-state index contributed by atoms with van der Waals surface area (Å²) in [7, 11) is 0. The molecule has 0 aliphatic heterocycles. The van der Waals surface area contributed by atoms with Gasteiger partial charge in [-0.3, -0.25) is 0 Å². The van der Waals surface area contributed by atoms with Gasteiger partial charge in [-0.15, -0.1) is 0 Å². The first-order valence-corrected chi connectivity index (χ1v) is 6.69. The molecule has 0 spiro atoms. The summed E-state index contributed by atoms with van der Waals surface area (Å²) in [5.74, 6) is 0. The number of rotatable bonds is 5. The van der Waals surface area contributed by atoms with Crippen LogP contribution in [0.2, 0.25) is 0 Å². The second-order valence-corrected chi connectivity index (χ2v) is 5.54. The van der Waals surface area contributed by atoms with E-state index in [9.17, 15) is 0 Å². The molecule has 0 heterocycles. The number of aliphatic hydroxyl groups is 1. The number of hydrogen-bond acceptors (Lipinski definition) is 2. The van der Waals surface area contributed by atoms with E-state index in [4.69, 9.17) is 5.11 Å². The lowest BCUT2D eigenvalue weighted by Crippen LogP contribution is -2.34. The summed E-state index contributed by atoms with van der Waals surface area (Å²) in [5.41, 5.74) is 0.487. The molecule has 0 aromatic rings. The van der Waals surface area contributed by atoms with Gasteiger partial charge in [0.25, 0.3) is 0 Å². The van der Waals surface area contributed by atoms with Crippen molar-refractivity contribution in [2.24, 2.45) is 5.41 Å². The van der Waals surface area contributed by atoms with Gasteiger partial charge in [0.1, 0.15) is 0 Å². The Morgan fingerprint density at radius 3 is 2.27 bits per heavy atom. The molecule has 15 heavy (non-hydrogen) atoms. The standard InChI is InChI=1S/C13H25NO/c15-10-9-13(7-8-13)11-14-12-5-3-1-2-4-6-12/h12,14-15H,1-11H2. The third-order valence-electron chi connectivity index (χ3n) is 4.22. The van der Waals surface area contributed by atoms with Crippen molar-refractivity contribution >= 4 is 0 Å². The Balaban J connectivity index is 1.67. The quantitative estimate of drug-likeness (QED) is 0.685. The normalized spacial score (nSPS) is 26.2. The minimum Gasteiger partial charge on any atom is -0.396 e. The van der Waals surface area contributed by atoms with E-state index in [1.807, 2.05) is 0 Å². The highest BCUT2D eigenvalue weighted by Crippen LogP contribution is 2.48. The topological polar surface area (TPSA) is 32.3 Å². The molecular weight excluding hydrogens is 186 g/mol. The minimum atomic E-state index is 0.367. The van der Waals surface area contributed by atoms with E-state index >= 15 is 0 Å². The van der Waals surface area contributed by atoms with Gasteiger partial charge in [-0.05, 0) is 37.5 Å². The maximum atomic E-state index is 9.00. The average Bonchev–Trinajstić information content (AvgIpc) is 3.00. The van der Waals surface area contributed by atoms with Gasteiger partial charge in [0, 0.05) is 19.2 Å². The summed E-state index contributed by atoms with van der Waals surface area (Å²) in [6, 6.07) is 0.767. The van der Waals surface area contributed by atoms with E-state index < -0.39 is 0 Å². The Hall–Kier alpha value is -0.0800. The van der Waals surface area contributed by atoms with Crippen molar-refractivity contribution in [2.75, 3.05) is 13.2 Å². The Morgan fingerprint density at radius 1 is 1.07 bits per heavy atom. The van der Waals surface area contributed by atoms with Crippen molar-refractivity contribution in [1.82, 2.24) is 5.32 Å². The molecule has 0 unspecified atom stereocenters. The van der Waals surface area contributed by atoms with Crippen molar-refractivity contribution < 1.29 is 5.11 Å². The van der Waals surface area contributed by atoms with Gasteiger partial charge in [-0.25, -0.2) is 0 Å². The zero-order valence-corrected chi connectivity index (χ0v) is 9.80. The first kappa shape index (κ1) is 11.4. The van der Waals surface area contributed by atoms with Crippen LogP contribution in [0.3, 0.4) is 0 Å². The van der Waals surface area contributed by atoms with Crippen LogP contribution >= 0.6 is 0 Å². The van der Waals surface area contributed by atoms with E-state index in [2.05, 4.69) is 5.32 Å². The maximum absolute atomic E-state index is 9.00. The van der Waals surface area contributed by atoms with Crippen molar-refractivity contribution in [1.29, 1.82) is 0 Å². The fraction of sp³-hybridized carbons (Fsp3) is 1.00. The molecule has 2 saturated carbocycles. The first-order chi connectivity index (χ1) is 7.35. The molecule has 2 aliphatic rings. The maximum Gasteiger partial charge on any atom is 0.0436 e. The smallest absolute Gasteiger partial charge is 0.0436 e. The first-order valence-electron chi connectivity index (χ1n) is 6.69. The largest absolute Gasteiger partial charge is 0.396 e. The molecule has 2 rings (SSSR count). The Kier molecular flexibility index (Phi) is 4.04. The molecule has 88 valence electrons. The van der Waals surface area contributed by atoms with Crippen molar-refractivity contribution in [3.63, 3.8) is 0 Å². The van der Waals surface area contributed by atoms with Gasteiger partial charge in [-0.2, -0.15) is 0 Å². The minimum absolute atomic E-state index is 0.367. The highest BCUT2D eigenvalue weighted by Gasteiger charge is 2.41. The van der Waals surface area contributed by atoms with Crippen LogP contribution in [0, 0.1) is 5.41 Å². The zero-order chi connectivity index (χ0) is 10.6. The number of aliphatic hydroxyl groups excluding tert-OH is 1. The third-order valence-corrected chi connectivity index (χ3v) is 4.22. The highest BCUT2D eigenvalue weighted by atomic mass is 16.3. The third kappa shape index (κ3) is 3.46. The summed E-state index contributed by atoms with van der Waals surface area (Å²) in [6.45, 7) is 1.52. The van der Waals surface area contributed by atoms with Gasteiger partial charge in [-0.1, -0.05) is 25.7 Å². The van der Waals surface area contributed by atoms with Crippen LogP contribution in [0.5, 0.6) is 0 Å². The predicted octanol–water partition coefficient (Wildman–Crippen LogP) is 2.46. The second kappa shape index (κ2) is 5.31. The van der Waals surface area contributed by atoms with Crippen molar-refractivity contribution in [2.45, 2.75) is 63.8 Å². The molecule has 0 saturated heterocycles. The Labute approximate surface area is 93.5 Å². The Morgan fingerprint density at radius 2 is 1.73 bits per heavy atom. The van der Waals surface area contributed by atoms with Crippen LogP contribution in [0.25, 0.3) is 0 Å². The monoisotopic (exact) mass is 211 g/mol. The second-order valence-electron chi connectivity index (χ2n) is 5.54. The zero-order valence-electron chi connectivity index (χ0n) is 9.80. The molecule has 0 radical (unpaired) electrons.